The lowest BCUT2D eigenvalue weighted by molar-refractivity contribution is -0.150. The lowest BCUT2D eigenvalue weighted by Gasteiger charge is -2.40. The molecule has 0 bridgehead atoms. The number of rotatable bonds is 3. The van der Waals surface area contributed by atoms with Gasteiger partial charge >= 0.3 is 0 Å². The molecule has 2 fully saturated rings. The van der Waals surface area contributed by atoms with E-state index < -0.39 is 5.54 Å². The van der Waals surface area contributed by atoms with Gasteiger partial charge in [0.1, 0.15) is 11.3 Å². The first-order chi connectivity index (χ1) is 9.49. The van der Waals surface area contributed by atoms with Gasteiger partial charge in [-0.25, -0.2) is 0 Å². The molecule has 1 saturated heterocycles. The highest BCUT2D eigenvalue weighted by atomic mass is 16.3. The molecular formula is C15H18N2O3. The minimum absolute atomic E-state index is 0.00678. The van der Waals surface area contributed by atoms with E-state index in [-0.39, 0.29) is 30.0 Å². The van der Waals surface area contributed by atoms with E-state index in [1.165, 1.54) is 0 Å². The number of piperazine rings is 1. The molecule has 2 N–H and O–H groups in total. The number of phenolic OH excluding ortho intramolecular Hbond substituents is 1. The SMILES string of the molecule is CC1(C2CC2)NC(=O)CN(Cc2ccc(O)cc2)C1=O. The van der Waals surface area contributed by atoms with Crippen molar-refractivity contribution in [1.29, 1.82) is 0 Å². The molecule has 3 rings (SSSR count). The molecule has 1 aliphatic carbocycles. The summed E-state index contributed by atoms with van der Waals surface area (Å²) in [7, 11) is 0. The number of benzene rings is 1. The Hall–Kier alpha value is -2.04. The molecule has 1 saturated carbocycles. The molecule has 0 spiro atoms. The highest BCUT2D eigenvalue weighted by Crippen LogP contribution is 2.41. The van der Waals surface area contributed by atoms with Gasteiger partial charge < -0.3 is 15.3 Å². The Bertz CT molecular complexity index is 551. The first kappa shape index (κ1) is 13.0. The summed E-state index contributed by atoms with van der Waals surface area (Å²) >= 11 is 0. The summed E-state index contributed by atoms with van der Waals surface area (Å²) in [5.41, 5.74) is 0.163. The molecule has 1 aliphatic heterocycles. The summed E-state index contributed by atoms with van der Waals surface area (Å²) in [5, 5.41) is 12.1. The Kier molecular flexibility index (Phi) is 2.92. The molecule has 1 heterocycles. The number of amides is 2. The molecule has 1 aromatic rings. The molecule has 1 aromatic carbocycles. The quantitative estimate of drug-likeness (QED) is 0.864. The zero-order chi connectivity index (χ0) is 14.3. The minimum Gasteiger partial charge on any atom is -0.508 e. The first-order valence-electron chi connectivity index (χ1n) is 6.87. The summed E-state index contributed by atoms with van der Waals surface area (Å²) in [5.74, 6) is 0.353. The number of hydrogen-bond donors (Lipinski definition) is 2. The number of hydrogen-bond acceptors (Lipinski definition) is 3. The Morgan fingerprint density at radius 3 is 2.55 bits per heavy atom. The van der Waals surface area contributed by atoms with Gasteiger partial charge in [0.2, 0.25) is 11.8 Å². The van der Waals surface area contributed by atoms with Crippen LogP contribution >= 0.6 is 0 Å². The second-order valence-electron chi connectivity index (χ2n) is 5.85. The summed E-state index contributed by atoms with van der Waals surface area (Å²) < 4.78 is 0. The van der Waals surface area contributed by atoms with Crippen molar-refractivity contribution in [3.05, 3.63) is 29.8 Å². The molecule has 2 amide bonds. The van der Waals surface area contributed by atoms with Crippen molar-refractivity contribution < 1.29 is 14.7 Å². The second kappa shape index (κ2) is 4.51. The van der Waals surface area contributed by atoms with E-state index in [2.05, 4.69) is 5.32 Å². The molecule has 5 heteroatoms. The number of phenols is 1. The van der Waals surface area contributed by atoms with Crippen LogP contribution in [0, 0.1) is 5.92 Å². The summed E-state index contributed by atoms with van der Waals surface area (Å²) in [6, 6.07) is 6.71. The van der Waals surface area contributed by atoms with Crippen LogP contribution < -0.4 is 5.32 Å². The van der Waals surface area contributed by atoms with Crippen LogP contribution in [-0.2, 0) is 16.1 Å². The van der Waals surface area contributed by atoms with Crippen LogP contribution in [0.3, 0.4) is 0 Å². The van der Waals surface area contributed by atoms with Gasteiger partial charge in [-0.2, -0.15) is 0 Å². The average Bonchev–Trinajstić information content (AvgIpc) is 3.23. The third kappa shape index (κ3) is 2.24. The molecule has 0 aromatic heterocycles. The fourth-order valence-corrected chi connectivity index (χ4v) is 2.84. The lowest BCUT2D eigenvalue weighted by Crippen LogP contribution is -2.66. The van der Waals surface area contributed by atoms with Crippen LogP contribution in [0.5, 0.6) is 5.75 Å². The van der Waals surface area contributed by atoms with Crippen molar-refractivity contribution in [3.63, 3.8) is 0 Å². The van der Waals surface area contributed by atoms with Crippen LogP contribution in [-0.4, -0.2) is 33.9 Å². The third-order valence-corrected chi connectivity index (χ3v) is 4.17. The maximum Gasteiger partial charge on any atom is 0.249 e. The van der Waals surface area contributed by atoms with E-state index in [0.717, 1.165) is 18.4 Å². The molecule has 1 unspecified atom stereocenters. The summed E-state index contributed by atoms with van der Waals surface area (Å²) in [4.78, 5) is 26.1. The maximum absolute atomic E-state index is 12.6. The summed E-state index contributed by atoms with van der Waals surface area (Å²) in [6.45, 7) is 2.32. The number of nitrogens with zero attached hydrogens (tertiary/aromatic N) is 1. The second-order valence-corrected chi connectivity index (χ2v) is 5.85. The topological polar surface area (TPSA) is 69.6 Å². The van der Waals surface area contributed by atoms with Crippen LogP contribution in [0.2, 0.25) is 0 Å². The van der Waals surface area contributed by atoms with Crippen LogP contribution in [0.4, 0.5) is 0 Å². The van der Waals surface area contributed by atoms with Gasteiger partial charge in [0.05, 0.1) is 6.54 Å². The Morgan fingerprint density at radius 2 is 1.95 bits per heavy atom. The van der Waals surface area contributed by atoms with Gasteiger partial charge in [-0.05, 0) is 43.4 Å². The molecule has 0 radical (unpaired) electrons. The maximum atomic E-state index is 12.6. The molecule has 106 valence electrons. The van der Waals surface area contributed by atoms with Gasteiger partial charge in [-0.3, -0.25) is 9.59 Å². The lowest BCUT2D eigenvalue weighted by atomic mass is 9.91. The van der Waals surface area contributed by atoms with Gasteiger partial charge in [0.25, 0.3) is 0 Å². The van der Waals surface area contributed by atoms with Gasteiger partial charge in [0.15, 0.2) is 0 Å². The smallest absolute Gasteiger partial charge is 0.249 e. The first-order valence-corrected chi connectivity index (χ1v) is 6.87. The van der Waals surface area contributed by atoms with E-state index in [4.69, 9.17) is 0 Å². The van der Waals surface area contributed by atoms with Crippen molar-refractivity contribution in [3.8, 4) is 5.75 Å². The Labute approximate surface area is 117 Å². The molecule has 2 aliphatic rings. The van der Waals surface area contributed by atoms with Crippen LogP contribution in [0.25, 0.3) is 0 Å². The van der Waals surface area contributed by atoms with Gasteiger partial charge in [-0.15, -0.1) is 0 Å². The Balaban J connectivity index is 1.79. The number of carbonyl (C=O) groups excluding carboxylic acids is 2. The van der Waals surface area contributed by atoms with Crippen molar-refractivity contribution >= 4 is 11.8 Å². The number of carbonyl (C=O) groups is 2. The third-order valence-electron chi connectivity index (χ3n) is 4.17. The molecule has 5 nitrogen and oxygen atoms in total. The van der Waals surface area contributed by atoms with Gasteiger partial charge in [0, 0.05) is 6.54 Å². The number of nitrogens with one attached hydrogen (secondary N) is 1. The molecule has 20 heavy (non-hydrogen) atoms. The van der Waals surface area contributed by atoms with Crippen molar-refractivity contribution in [2.24, 2.45) is 5.92 Å². The fourth-order valence-electron chi connectivity index (χ4n) is 2.84. The highest BCUT2D eigenvalue weighted by molar-refractivity contribution is 5.98. The molecule has 1 atom stereocenters. The van der Waals surface area contributed by atoms with Crippen LogP contribution in [0.1, 0.15) is 25.3 Å². The normalized spacial score (nSPS) is 26.6. The predicted octanol–water partition coefficient (Wildman–Crippen LogP) is 1.02. The predicted molar refractivity (Wildman–Crippen MR) is 72.8 cm³/mol. The largest absolute Gasteiger partial charge is 0.508 e. The average molecular weight is 274 g/mol. The van der Waals surface area contributed by atoms with E-state index >= 15 is 0 Å². The number of aromatic hydroxyl groups is 1. The molecular weight excluding hydrogens is 256 g/mol. The Morgan fingerprint density at radius 1 is 1.30 bits per heavy atom. The highest BCUT2D eigenvalue weighted by Gasteiger charge is 2.52. The van der Waals surface area contributed by atoms with Crippen molar-refractivity contribution in [2.75, 3.05) is 6.54 Å². The van der Waals surface area contributed by atoms with E-state index in [9.17, 15) is 14.7 Å². The van der Waals surface area contributed by atoms with Crippen LogP contribution in [0.15, 0.2) is 24.3 Å². The zero-order valence-corrected chi connectivity index (χ0v) is 11.4. The standard InChI is InChI=1S/C15H18N2O3/c1-15(11-4-5-11)14(20)17(9-13(19)16-15)8-10-2-6-12(18)7-3-10/h2-3,6-7,11,18H,4-5,8-9H2,1H3,(H,16,19). The summed E-state index contributed by atoms with van der Waals surface area (Å²) in [6.07, 6.45) is 1.99. The monoisotopic (exact) mass is 274 g/mol. The zero-order valence-electron chi connectivity index (χ0n) is 11.4. The fraction of sp³-hybridized carbons (Fsp3) is 0.467. The van der Waals surface area contributed by atoms with Crippen molar-refractivity contribution in [2.45, 2.75) is 31.8 Å². The van der Waals surface area contributed by atoms with E-state index in [0.29, 0.717) is 6.54 Å². The van der Waals surface area contributed by atoms with Gasteiger partial charge in [-0.1, -0.05) is 12.1 Å². The minimum atomic E-state index is -0.744. The van der Waals surface area contributed by atoms with Crippen molar-refractivity contribution in [1.82, 2.24) is 10.2 Å². The van der Waals surface area contributed by atoms with E-state index in [1.807, 2.05) is 6.92 Å². The van der Waals surface area contributed by atoms with E-state index in [1.54, 1.807) is 29.2 Å².